The summed E-state index contributed by atoms with van der Waals surface area (Å²) in [5, 5.41) is 7.48. The van der Waals surface area contributed by atoms with Crippen LogP contribution < -0.4 is 10.4 Å². The molecule has 5 rings (SSSR count). The van der Waals surface area contributed by atoms with Crippen LogP contribution in [0.4, 0.5) is 0 Å². The van der Waals surface area contributed by atoms with Gasteiger partial charge in [0.05, 0.1) is 15.6 Å². The number of carbonyl (C=O) groups excluding carboxylic acids is 1. The molecule has 0 N–H and O–H groups in total. The maximum absolute atomic E-state index is 12.3. The molecule has 6 heteroatoms. The number of esters is 1. The Hall–Kier alpha value is -1.73. The molecule has 3 aromatic carbocycles. The van der Waals surface area contributed by atoms with Crippen LogP contribution in [0.15, 0.2) is 68.2 Å². The summed E-state index contributed by atoms with van der Waals surface area (Å²) >= 11 is 6.95. The fourth-order valence-electron chi connectivity index (χ4n) is 3.86. The number of rotatable bonds is 1. The molecule has 0 amide bonds. The van der Waals surface area contributed by atoms with Crippen molar-refractivity contribution in [2.24, 2.45) is 0 Å². The second kappa shape index (κ2) is 8.32. The van der Waals surface area contributed by atoms with Crippen LogP contribution in [0.5, 0.6) is 0 Å². The molecule has 31 heavy (non-hydrogen) atoms. The van der Waals surface area contributed by atoms with Crippen molar-refractivity contribution in [2.75, 3.05) is 7.11 Å². The lowest BCUT2D eigenvalue weighted by molar-refractivity contribution is -0.135. The highest BCUT2D eigenvalue weighted by Gasteiger charge is 2.26. The Balaban J connectivity index is 1.91. The average Bonchev–Trinajstić information content (AvgIpc) is 3.32. The van der Waals surface area contributed by atoms with Crippen molar-refractivity contribution in [3.8, 4) is 0 Å². The van der Waals surface area contributed by atoms with Gasteiger partial charge in [0.15, 0.2) is 0 Å². The maximum Gasteiger partial charge on any atom is 0.345 e. The molecule has 0 radical (unpaired) electrons. The van der Waals surface area contributed by atoms with Crippen molar-refractivity contribution in [3.05, 3.63) is 78.6 Å². The number of benzene rings is 3. The van der Waals surface area contributed by atoms with Gasteiger partial charge in [0.25, 0.3) is 0 Å². The number of thioether (sulfide) groups is 4. The summed E-state index contributed by atoms with van der Waals surface area (Å²) in [7, 11) is 1.44. The Morgan fingerprint density at radius 2 is 1.03 bits per heavy atom. The van der Waals surface area contributed by atoms with Crippen LogP contribution in [0.25, 0.3) is 30.0 Å². The van der Waals surface area contributed by atoms with E-state index in [1.54, 1.807) is 11.8 Å². The minimum atomic E-state index is -0.262. The Labute approximate surface area is 198 Å². The molecule has 0 fully saturated rings. The van der Waals surface area contributed by atoms with Gasteiger partial charge in [0, 0.05) is 15.3 Å². The van der Waals surface area contributed by atoms with Gasteiger partial charge >= 0.3 is 5.97 Å². The first-order valence-corrected chi connectivity index (χ1v) is 13.1. The summed E-state index contributed by atoms with van der Waals surface area (Å²) in [6, 6.07) is 17.3. The molecular formula is C25H20O2S4. The van der Waals surface area contributed by atoms with Crippen LogP contribution in [-0.4, -0.2) is 13.1 Å². The van der Waals surface area contributed by atoms with Gasteiger partial charge in [-0.3, -0.25) is 0 Å². The summed E-state index contributed by atoms with van der Waals surface area (Å²) in [6.45, 7) is 6.39. The maximum atomic E-state index is 12.3. The van der Waals surface area contributed by atoms with E-state index in [-0.39, 0.29) is 5.97 Å². The van der Waals surface area contributed by atoms with Crippen molar-refractivity contribution < 1.29 is 9.53 Å². The second-order valence-electron chi connectivity index (χ2n) is 7.31. The Morgan fingerprint density at radius 3 is 1.45 bits per heavy atom. The third-order valence-electron chi connectivity index (χ3n) is 5.46. The van der Waals surface area contributed by atoms with Gasteiger partial charge in [0.1, 0.15) is 4.91 Å². The molecule has 0 bridgehead atoms. The van der Waals surface area contributed by atoms with Crippen molar-refractivity contribution in [3.63, 3.8) is 0 Å². The zero-order chi connectivity index (χ0) is 21.7. The van der Waals surface area contributed by atoms with E-state index in [9.17, 15) is 4.79 Å². The normalized spacial score (nSPS) is 16.9. The first kappa shape index (κ1) is 21.1. The highest BCUT2D eigenvalue weighted by molar-refractivity contribution is 8.36. The highest BCUT2D eigenvalue weighted by atomic mass is 32.2. The van der Waals surface area contributed by atoms with Gasteiger partial charge in [-0.2, -0.15) is 0 Å². The molecule has 2 nitrogen and oxygen atoms in total. The predicted molar refractivity (Wildman–Crippen MR) is 141 cm³/mol. The monoisotopic (exact) mass is 480 g/mol. The van der Waals surface area contributed by atoms with Crippen LogP contribution in [-0.2, 0) is 9.53 Å². The first-order valence-electron chi connectivity index (χ1n) is 9.85. The first-order chi connectivity index (χ1) is 15.0. The van der Waals surface area contributed by atoms with Crippen molar-refractivity contribution in [2.45, 2.75) is 20.8 Å². The fourth-order valence-corrected chi connectivity index (χ4v) is 9.15. The molecule has 0 aromatic heterocycles. The van der Waals surface area contributed by atoms with Gasteiger partial charge < -0.3 is 4.74 Å². The van der Waals surface area contributed by atoms with Crippen molar-refractivity contribution in [1.82, 2.24) is 0 Å². The number of ether oxygens (including phenoxy) is 1. The number of carbonyl (C=O) groups is 1. The van der Waals surface area contributed by atoms with Crippen LogP contribution in [0, 0.1) is 0 Å². The van der Waals surface area contributed by atoms with Crippen LogP contribution >= 0.6 is 47.0 Å². The molecule has 156 valence electrons. The van der Waals surface area contributed by atoms with E-state index in [0.717, 1.165) is 9.14 Å². The third kappa shape index (κ3) is 3.54. The van der Waals surface area contributed by atoms with Crippen molar-refractivity contribution in [1.29, 1.82) is 0 Å². The Bertz CT molecular complexity index is 1390. The molecule has 0 saturated heterocycles. The minimum absolute atomic E-state index is 0.262. The lowest BCUT2D eigenvalue weighted by atomic mass is 9.99. The topological polar surface area (TPSA) is 26.3 Å². The Kier molecular flexibility index (Phi) is 5.67. The molecule has 2 heterocycles. The third-order valence-corrected chi connectivity index (χ3v) is 10.7. The molecule has 0 unspecified atom stereocenters. The van der Waals surface area contributed by atoms with Crippen LogP contribution in [0.3, 0.4) is 0 Å². The van der Waals surface area contributed by atoms with Gasteiger partial charge in [-0.05, 0) is 52.1 Å². The van der Waals surface area contributed by atoms with Gasteiger partial charge in [-0.25, -0.2) is 4.79 Å². The molecule has 3 aromatic rings. The predicted octanol–water partition coefficient (Wildman–Crippen LogP) is 6.74. The SMILES string of the molecule is COC(=O)C1=C(C)SC(=c2c3ccccc3c(=C3SC(C)=C(C)S3)c3ccccc23)S1. The standard InChI is InChI=1S/C25H20O2S4/c1-13-14(2)29-24(28-13)20-16-9-5-7-11-18(16)21(19-12-8-6-10-17(19)20)25-30-15(3)22(31-25)23(26)27-4/h5-12H,1-4H3. The quantitative estimate of drug-likeness (QED) is 0.283. The van der Waals surface area contributed by atoms with E-state index in [0.29, 0.717) is 4.91 Å². The molecule has 0 saturated carbocycles. The summed E-state index contributed by atoms with van der Waals surface area (Å²) in [5.41, 5.74) is 0. The molecular weight excluding hydrogens is 461 g/mol. The molecule has 0 atom stereocenters. The summed E-state index contributed by atoms with van der Waals surface area (Å²) in [5.74, 6) is -0.262. The zero-order valence-electron chi connectivity index (χ0n) is 17.6. The molecule has 2 aliphatic rings. The number of methoxy groups -OCH3 is 1. The van der Waals surface area contributed by atoms with E-state index in [4.69, 9.17) is 4.74 Å². The number of hydrogen-bond acceptors (Lipinski definition) is 6. The van der Waals surface area contributed by atoms with E-state index >= 15 is 0 Å². The van der Waals surface area contributed by atoms with Crippen molar-refractivity contribution >= 4 is 83.0 Å². The molecule has 2 aliphatic heterocycles. The lowest BCUT2D eigenvalue weighted by Crippen LogP contribution is -2.16. The highest BCUT2D eigenvalue weighted by Crippen LogP contribution is 2.51. The second-order valence-corrected chi connectivity index (χ2v) is 12.5. The fraction of sp³-hybridized carbons (Fsp3) is 0.160. The summed E-state index contributed by atoms with van der Waals surface area (Å²) in [4.78, 5) is 16.7. The van der Waals surface area contributed by atoms with Crippen LogP contribution in [0.1, 0.15) is 20.8 Å². The van der Waals surface area contributed by atoms with Gasteiger partial charge in [-0.1, -0.05) is 95.6 Å². The van der Waals surface area contributed by atoms with E-state index in [2.05, 4.69) is 62.4 Å². The molecule has 0 spiro atoms. The van der Waals surface area contributed by atoms with Gasteiger partial charge in [-0.15, -0.1) is 0 Å². The lowest BCUT2D eigenvalue weighted by Gasteiger charge is -2.11. The Morgan fingerprint density at radius 1 is 0.645 bits per heavy atom. The summed E-state index contributed by atoms with van der Waals surface area (Å²) < 4.78 is 7.49. The van der Waals surface area contributed by atoms with E-state index in [1.807, 2.05) is 30.4 Å². The summed E-state index contributed by atoms with van der Waals surface area (Å²) in [6.07, 6.45) is 0. The van der Waals surface area contributed by atoms with Crippen LogP contribution in [0.2, 0.25) is 0 Å². The number of fused-ring (bicyclic) bond motifs is 2. The average molecular weight is 481 g/mol. The molecule has 0 aliphatic carbocycles. The zero-order valence-corrected chi connectivity index (χ0v) is 20.8. The number of allylic oxidation sites excluding steroid dienone is 3. The largest absolute Gasteiger partial charge is 0.465 e. The van der Waals surface area contributed by atoms with Gasteiger partial charge in [0.2, 0.25) is 0 Å². The van der Waals surface area contributed by atoms with E-state index in [1.165, 1.54) is 64.9 Å². The minimum Gasteiger partial charge on any atom is -0.465 e. The smallest absolute Gasteiger partial charge is 0.345 e. The van der Waals surface area contributed by atoms with E-state index < -0.39 is 0 Å². The number of hydrogen-bond donors (Lipinski definition) is 0.